The Morgan fingerprint density at radius 2 is 2.06 bits per heavy atom. The van der Waals surface area contributed by atoms with E-state index in [1.807, 2.05) is 0 Å². The average molecular weight is 227 g/mol. The van der Waals surface area contributed by atoms with Crippen LogP contribution in [0.15, 0.2) is 0 Å². The molecule has 0 bridgehead atoms. The molecule has 0 aromatic heterocycles. The number of ether oxygens (including phenoxy) is 1. The summed E-state index contributed by atoms with van der Waals surface area (Å²) in [4.78, 5) is 2.43. The maximum absolute atomic E-state index is 10.2. The first-order valence-electron chi connectivity index (χ1n) is 6.66. The van der Waals surface area contributed by atoms with Crippen LogP contribution in [0.2, 0.25) is 0 Å². The predicted octanol–water partition coefficient (Wildman–Crippen LogP) is 1.50. The molecule has 1 saturated carbocycles. The topological polar surface area (TPSA) is 32.7 Å². The Kier molecular flexibility index (Phi) is 4.22. The van der Waals surface area contributed by atoms with Gasteiger partial charge in [-0.3, -0.25) is 4.90 Å². The molecule has 3 nitrogen and oxygen atoms in total. The zero-order chi connectivity index (χ0) is 11.5. The largest absolute Gasteiger partial charge is 0.391 e. The van der Waals surface area contributed by atoms with Crippen molar-refractivity contribution in [3.8, 4) is 0 Å². The Morgan fingerprint density at radius 3 is 2.56 bits per heavy atom. The maximum atomic E-state index is 10.2. The summed E-state index contributed by atoms with van der Waals surface area (Å²) in [5, 5.41) is 10.2. The number of hydrogen-bond acceptors (Lipinski definition) is 3. The summed E-state index contributed by atoms with van der Waals surface area (Å²) in [6, 6.07) is 0.539. The summed E-state index contributed by atoms with van der Waals surface area (Å²) < 4.78 is 5.34. The van der Waals surface area contributed by atoms with E-state index in [1.54, 1.807) is 0 Å². The molecule has 16 heavy (non-hydrogen) atoms. The molecule has 0 spiro atoms. The number of aliphatic hydroxyl groups excluding tert-OH is 1. The normalized spacial score (nSPS) is 27.9. The Bertz CT molecular complexity index is 210. The minimum atomic E-state index is -0.205. The van der Waals surface area contributed by atoms with Crippen molar-refractivity contribution in [2.75, 3.05) is 26.3 Å². The van der Waals surface area contributed by atoms with Crippen molar-refractivity contribution in [3.05, 3.63) is 0 Å². The van der Waals surface area contributed by atoms with Crippen LogP contribution in [0.1, 0.15) is 33.1 Å². The standard InChI is InChI=1S/C13H25NO2/c1-10(2)14(7-11-3-4-11)8-13(15)12-5-6-16-9-12/h10-13,15H,3-9H2,1-2H3. The molecule has 1 heterocycles. The molecule has 1 aliphatic heterocycles. The average Bonchev–Trinajstić information content (AvgIpc) is 2.89. The van der Waals surface area contributed by atoms with E-state index >= 15 is 0 Å². The van der Waals surface area contributed by atoms with Crippen molar-refractivity contribution < 1.29 is 9.84 Å². The fraction of sp³-hybridized carbons (Fsp3) is 1.00. The molecular formula is C13H25NO2. The fourth-order valence-corrected chi connectivity index (χ4v) is 2.37. The molecule has 2 rings (SSSR count). The van der Waals surface area contributed by atoms with Gasteiger partial charge in [-0.25, -0.2) is 0 Å². The Labute approximate surface area is 98.8 Å². The van der Waals surface area contributed by atoms with Crippen molar-refractivity contribution >= 4 is 0 Å². The number of aliphatic hydroxyl groups is 1. The van der Waals surface area contributed by atoms with Crippen molar-refractivity contribution in [1.29, 1.82) is 0 Å². The van der Waals surface area contributed by atoms with E-state index < -0.39 is 0 Å². The van der Waals surface area contributed by atoms with Crippen LogP contribution < -0.4 is 0 Å². The van der Waals surface area contributed by atoms with Crippen molar-refractivity contribution in [1.82, 2.24) is 4.90 Å². The molecule has 2 unspecified atom stereocenters. The molecule has 0 aromatic rings. The van der Waals surface area contributed by atoms with Gasteiger partial charge in [0, 0.05) is 31.7 Å². The second-order valence-electron chi connectivity index (χ2n) is 5.68. The lowest BCUT2D eigenvalue weighted by molar-refractivity contribution is 0.0442. The molecule has 1 aliphatic carbocycles. The van der Waals surface area contributed by atoms with Crippen LogP contribution in [0.5, 0.6) is 0 Å². The van der Waals surface area contributed by atoms with Crippen molar-refractivity contribution in [3.63, 3.8) is 0 Å². The monoisotopic (exact) mass is 227 g/mol. The maximum Gasteiger partial charge on any atom is 0.0718 e. The quantitative estimate of drug-likeness (QED) is 0.746. The van der Waals surface area contributed by atoms with Crippen LogP contribution in [0.4, 0.5) is 0 Å². The minimum Gasteiger partial charge on any atom is -0.391 e. The third-order valence-corrected chi connectivity index (χ3v) is 3.85. The van der Waals surface area contributed by atoms with Gasteiger partial charge in [0.25, 0.3) is 0 Å². The van der Waals surface area contributed by atoms with Gasteiger partial charge < -0.3 is 9.84 Å². The highest BCUT2D eigenvalue weighted by molar-refractivity contribution is 4.82. The van der Waals surface area contributed by atoms with Crippen molar-refractivity contribution in [2.45, 2.75) is 45.3 Å². The van der Waals surface area contributed by atoms with Gasteiger partial charge in [-0.1, -0.05) is 0 Å². The van der Waals surface area contributed by atoms with Gasteiger partial charge in [0.15, 0.2) is 0 Å². The lowest BCUT2D eigenvalue weighted by atomic mass is 10.0. The Morgan fingerprint density at radius 1 is 1.31 bits per heavy atom. The first-order chi connectivity index (χ1) is 7.66. The van der Waals surface area contributed by atoms with E-state index in [0.717, 1.165) is 32.1 Å². The van der Waals surface area contributed by atoms with Crippen LogP contribution >= 0.6 is 0 Å². The van der Waals surface area contributed by atoms with Gasteiger partial charge in [-0.2, -0.15) is 0 Å². The molecule has 1 N–H and O–H groups in total. The van der Waals surface area contributed by atoms with Gasteiger partial charge in [-0.15, -0.1) is 0 Å². The first kappa shape index (κ1) is 12.3. The van der Waals surface area contributed by atoms with Crippen LogP contribution in [-0.2, 0) is 4.74 Å². The second kappa shape index (κ2) is 5.48. The smallest absolute Gasteiger partial charge is 0.0718 e. The Balaban J connectivity index is 1.78. The summed E-state index contributed by atoms with van der Waals surface area (Å²) >= 11 is 0. The van der Waals surface area contributed by atoms with Crippen molar-refractivity contribution in [2.24, 2.45) is 11.8 Å². The molecule has 2 fully saturated rings. The lowest BCUT2D eigenvalue weighted by Crippen LogP contribution is -2.41. The van der Waals surface area contributed by atoms with Crippen LogP contribution in [0, 0.1) is 11.8 Å². The van der Waals surface area contributed by atoms with Crippen LogP contribution in [0.3, 0.4) is 0 Å². The van der Waals surface area contributed by atoms with Gasteiger partial charge >= 0.3 is 0 Å². The SMILES string of the molecule is CC(C)N(CC1CC1)CC(O)C1CCOC1. The van der Waals surface area contributed by atoms with E-state index in [0.29, 0.717) is 12.0 Å². The van der Waals surface area contributed by atoms with E-state index in [-0.39, 0.29) is 6.10 Å². The van der Waals surface area contributed by atoms with Gasteiger partial charge in [0.05, 0.1) is 12.7 Å². The molecule has 2 atom stereocenters. The Hall–Kier alpha value is -0.120. The summed E-state index contributed by atoms with van der Waals surface area (Å²) in [6.45, 7) is 8.01. The molecule has 0 aromatic carbocycles. The molecule has 0 amide bonds. The summed E-state index contributed by atoms with van der Waals surface area (Å²) in [5.74, 6) is 1.26. The molecular weight excluding hydrogens is 202 g/mol. The zero-order valence-corrected chi connectivity index (χ0v) is 10.6. The second-order valence-corrected chi connectivity index (χ2v) is 5.68. The van der Waals surface area contributed by atoms with Gasteiger partial charge in [-0.05, 0) is 39.0 Å². The number of hydrogen-bond donors (Lipinski definition) is 1. The summed E-state index contributed by atoms with van der Waals surface area (Å²) in [7, 11) is 0. The molecule has 0 radical (unpaired) electrons. The van der Waals surface area contributed by atoms with Gasteiger partial charge in [0.2, 0.25) is 0 Å². The summed E-state index contributed by atoms with van der Waals surface area (Å²) in [5.41, 5.74) is 0. The minimum absolute atomic E-state index is 0.205. The highest BCUT2D eigenvalue weighted by atomic mass is 16.5. The number of rotatable bonds is 6. The van der Waals surface area contributed by atoms with E-state index in [2.05, 4.69) is 18.7 Å². The molecule has 1 saturated heterocycles. The lowest BCUT2D eigenvalue weighted by Gasteiger charge is -2.30. The van der Waals surface area contributed by atoms with Gasteiger partial charge in [0.1, 0.15) is 0 Å². The van der Waals surface area contributed by atoms with Crippen LogP contribution in [-0.4, -0.2) is 48.5 Å². The summed E-state index contributed by atoms with van der Waals surface area (Å²) in [6.07, 6.45) is 3.58. The van der Waals surface area contributed by atoms with Crippen LogP contribution in [0.25, 0.3) is 0 Å². The zero-order valence-electron chi connectivity index (χ0n) is 10.6. The molecule has 2 aliphatic rings. The fourth-order valence-electron chi connectivity index (χ4n) is 2.37. The highest BCUT2D eigenvalue weighted by Crippen LogP contribution is 2.30. The van der Waals surface area contributed by atoms with E-state index in [1.165, 1.54) is 19.4 Å². The first-order valence-corrected chi connectivity index (χ1v) is 6.66. The molecule has 94 valence electrons. The third kappa shape index (κ3) is 3.44. The predicted molar refractivity (Wildman–Crippen MR) is 64.4 cm³/mol. The molecule has 3 heteroatoms. The number of nitrogens with zero attached hydrogens (tertiary/aromatic N) is 1. The highest BCUT2D eigenvalue weighted by Gasteiger charge is 2.30. The van der Waals surface area contributed by atoms with E-state index in [9.17, 15) is 5.11 Å². The van der Waals surface area contributed by atoms with E-state index in [4.69, 9.17) is 4.74 Å². The third-order valence-electron chi connectivity index (χ3n) is 3.85.